The lowest BCUT2D eigenvalue weighted by molar-refractivity contribution is -0.135. The van der Waals surface area contributed by atoms with Gasteiger partial charge in [0.1, 0.15) is 0 Å². The largest absolute Gasteiger partial charge is 0.504 e. The molecule has 0 bridgehead atoms. The molecule has 6 heteroatoms. The summed E-state index contributed by atoms with van der Waals surface area (Å²) in [7, 11) is 0. The van der Waals surface area contributed by atoms with Crippen molar-refractivity contribution in [1.82, 2.24) is 0 Å². The van der Waals surface area contributed by atoms with Crippen LogP contribution in [0, 0.1) is 0 Å². The van der Waals surface area contributed by atoms with Gasteiger partial charge in [-0.25, -0.2) is 4.79 Å². The van der Waals surface area contributed by atoms with Crippen LogP contribution in [-0.2, 0) is 14.3 Å². The number of benzene rings is 1. The number of rotatable bonds is 3. The summed E-state index contributed by atoms with van der Waals surface area (Å²) in [5, 5.41) is 26.3. The maximum atomic E-state index is 10.1. The average molecular weight is 266 g/mol. The highest BCUT2D eigenvalue weighted by atomic mass is 16.5. The van der Waals surface area contributed by atoms with Crippen LogP contribution in [0.2, 0.25) is 0 Å². The molecule has 0 heterocycles. The van der Waals surface area contributed by atoms with Crippen LogP contribution in [0.15, 0.2) is 37.1 Å². The predicted molar refractivity (Wildman–Crippen MR) is 68.4 cm³/mol. The van der Waals surface area contributed by atoms with E-state index in [1.165, 1.54) is 31.2 Å². The number of phenolic OH excluding ortho intramolecular Hbond substituents is 2. The minimum atomic E-state index is -1.06. The minimum Gasteiger partial charge on any atom is -0.504 e. The molecule has 6 nitrogen and oxygen atoms in total. The van der Waals surface area contributed by atoms with Gasteiger partial charge in [-0.2, -0.15) is 0 Å². The van der Waals surface area contributed by atoms with Crippen molar-refractivity contribution in [2.24, 2.45) is 0 Å². The van der Waals surface area contributed by atoms with E-state index in [-0.39, 0.29) is 17.5 Å². The number of carbonyl (C=O) groups excluding carboxylic acids is 1. The van der Waals surface area contributed by atoms with Gasteiger partial charge in [0.15, 0.2) is 11.5 Å². The van der Waals surface area contributed by atoms with E-state index >= 15 is 0 Å². The summed E-state index contributed by atoms with van der Waals surface area (Å²) in [6.07, 6.45) is 3.37. The molecule has 0 radical (unpaired) electrons. The van der Waals surface area contributed by atoms with Crippen molar-refractivity contribution in [2.45, 2.75) is 6.92 Å². The molecule has 1 aromatic rings. The van der Waals surface area contributed by atoms with Crippen LogP contribution in [0.5, 0.6) is 11.5 Å². The van der Waals surface area contributed by atoms with E-state index in [0.29, 0.717) is 5.56 Å². The molecular weight excluding hydrogens is 252 g/mol. The monoisotopic (exact) mass is 266 g/mol. The molecule has 102 valence electrons. The Hall–Kier alpha value is -2.76. The number of aliphatic carboxylic acids is 1. The van der Waals surface area contributed by atoms with Gasteiger partial charge in [0, 0.05) is 13.0 Å². The maximum Gasteiger partial charge on any atom is 0.328 e. The summed E-state index contributed by atoms with van der Waals surface area (Å²) in [4.78, 5) is 19.9. The Morgan fingerprint density at radius 3 is 2.26 bits per heavy atom. The standard InChI is InChI=1S/C9H8O4.C4H6O2/c10-7-3-1-6(5-8(7)11)2-4-9(12)13;1-3-6-4(2)5/h1-5,10-11H,(H,12,13);3H,1H2,2H3. The van der Waals surface area contributed by atoms with Crippen molar-refractivity contribution in [1.29, 1.82) is 0 Å². The number of hydrogen-bond acceptors (Lipinski definition) is 5. The lowest BCUT2D eigenvalue weighted by Crippen LogP contribution is -1.87. The second kappa shape index (κ2) is 8.35. The molecule has 19 heavy (non-hydrogen) atoms. The van der Waals surface area contributed by atoms with E-state index in [2.05, 4.69) is 11.3 Å². The number of carboxylic acids is 1. The van der Waals surface area contributed by atoms with Gasteiger partial charge in [0.2, 0.25) is 0 Å². The zero-order valence-corrected chi connectivity index (χ0v) is 10.2. The van der Waals surface area contributed by atoms with Crippen LogP contribution in [0.4, 0.5) is 0 Å². The van der Waals surface area contributed by atoms with Crippen molar-refractivity contribution in [3.8, 4) is 11.5 Å². The second-order valence-corrected chi connectivity index (χ2v) is 3.20. The Morgan fingerprint density at radius 1 is 1.26 bits per heavy atom. The maximum absolute atomic E-state index is 10.1. The second-order valence-electron chi connectivity index (χ2n) is 3.20. The lowest BCUT2D eigenvalue weighted by Gasteiger charge is -1.97. The predicted octanol–water partition coefficient (Wildman–Crippen LogP) is 1.89. The number of esters is 1. The molecule has 1 rings (SSSR count). The van der Waals surface area contributed by atoms with E-state index in [9.17, 15) is 9.59 Å². The first-order chi connectivity index (χ1) is 8.86. The van der Waals surface area contributed by atoms with E-state index in [1.807, 2.05) is 0 Å². The number of hydrogen-bond donors (Lipinski definition) is 3. The van der Waals surface area contributed by atoms with E-state index < -0.39 is 5.97 Å². The van der Waals surface area contributed by atoms with Gasteiger partial charge >= 0.3 is 11.9 Å². The zero-order valence-electron chi connectivity index (χ0n) is 10.2. The molecule has 0 aliphatic heterocycles. The van der Waals surface area contributed by atoms with E-state index in [0.717, 1.165) is 12.3 Å². The van der Waals surface area contributed by atoms with Gasteiger partial charge in [-0.05, 0) is 23.8 Å². The Kier molecular flexibility index (Phi) is 7.14. The van der Waals surface area contributed by atoms with Gasteiger partial charge in [0.25, 0.3) is 0 Å². The van der Waals surface area contributed by atoms with Crippen LogP contribution in [0.3, 0.4) is 0 Å². The van der Waals surface area contributed by atoms with Gasteiger partial charge < -0.3 is 20.1 Å². The normalized spacial score (nSPS) is 9.32. The number of carbonyl (C=O) groups is 2. The van der Waals surface area contributed by atoms with Gasteiger partial charge in [-0.3, -0.25) is 4.79 Å². The van der Waals surface area contributed by atoms with E-state index in [4.69, 9.17) is 15.3 Å². The molecular formula is C13H14O6. The van der Waals surface area contributed by atoms with Gasteiger partial charge in [0.05, 0.1) is 6.26 Å². The SMILES string of the molecule is C=COC(C)=O.O=C(O)C=Cc1ccc(O)c(O)c1. The fourth-order valence-electron chi connectivity index (χ4n) is 0.929. The third kappa shape index (κ3) is 8.03. The first-order valence-electron chi connectivity index (χ1n) is 5.08. The topological polar surface area (TPSA) is 104 Å². The van der Waals surface area contributed by atoms with Crippen LogP contribution in [0.25, 0.3) is 6.08 Å². The summed E-state index contributed by atoms with van der Waals surface area (Å²) in [5.41, 5.74) is 0.512. The minimum absolute atomic E-state index is 0.229. The van der Waals surface area contributed by atoms with Crippen LogP contribution < -0.4 is 0 Å². The number of carboxylic acid groups (broad SMARTS) is 1. The molecule has 0 aliphatic carbocycles. The van der Waals surface area contributed by atoms with Crippen molar-refractivity contribution >= 4 is 18.0 Å². The van der Waals surface area contributed by atoms with Crippen molar-refractivity contribution < 1.29 is 29.6 Å². The number of ether oxygens (including phenoxy) is 1. The highest BCUT2D eigenvalue weighted by Crippen LogP contribution is 2.25. The first-order valence-corrected chi connectivity index (χ1v) is 5.08. The summed E-state index contributed by atoms with van der Waals surface area (Å²) >= 11 is 0. The summed E-state index contributed by atoms with van der Waals surface area (Å²) in [6.45, 7) is 4.48. The van der Waals surface area contributed by atoms with Gasteiger partial charge in [-0.15, -0.1) is 0 Å². The molecule has 0 saturated heterocycles. The molecule has 0 aliphatic rings. The number of aromatic hydroxyl groups is 2. The average Bonchev–Trinajstić information content (AvgIpc) is 2.31. The Balaban J connectivity index is 0.000000459. The molecule has 0 spiro atoms. The number of phenols is 2. The van der Waals surface area contributed by atoms with Crippen LogP contribution in [-0.4, -0.2) is 27.3 Å². The van der Waals surface area contributed by atoms with Gasteiger partial charge in [-0.1, -0.05) is 12.6 Å². The highest BCUT2D eigenvalue weighted by Gasteiger charge is 1.97. The molecule has 0 amide bonds. The quantitative estimate of drug-likeness (QED) is 0.334. The molecule has 0 atom stereocenters. The molecule has 0 aromatic heterocycles. The highest BCUT2D eigenvalue weighted by molar-refractivity contribution is 5.85. The summed E-state index contributed by atoms with van der Waals surface area (Å²) in [6, 6.07) is 4.06. The Labute approximate surface area is 109 Å². The molecule has 0 saturated carbocycles. The first kappa shape index (κ1) is 16.2. The molecule has 3 N–H and O–H groups in total. The van der Waals surface area contributed by atoms with Crippen LogP contribution >= 0.6 is 0 Å². The molecule has 0 fully saturated rings. The third-order valence-corrected chi connectivity index (χ3v) is 1.67. The molecule has 1 aromatic carbocycles. The smallest absolute Gasteiger partial charge is 0.328 e. The Bertz CT molecular complexity index is 490. The third-order valence-electron chi connectivity index (χ3n) is 1.67. The summed E-state index contributed by atoms with van der Waals surface area (Å²) in [5.74, 6) is -1.89. The fraction of sp³-hybridized carbons (Fsp3) is 0.0769. The van der Waals surface area contributed by atoms with Crippen molar-refractivity contribution in [2.75, 3.05) is 0 Å². The molecule has 0 unspecified atom stereocenters. The van der Waals surface area contributed by atoms with Crippen molar-refractivity contribution in [3.63, 3.8) is 0 Å². The summed E-state index contributed by atoms with van der Waals surface area (Å²) < 4.78 is 4.17. The fourth-order valence-corrected chi connectivity index (χ4v) is 0.929. The van der Waals surface area contributed by atoms with Crippen molar-refractivity contribution in [3.05, 3.63) is 42.7 Å². The Morgan fingerprint density at radius 2 is 1.89 bits per heavy atom. The lowest BCUT2D eigenvalue weighted by atomic mass is 10.2. The zero-order chi connectivity index (χ0) is 14.8. The van der Waals surface area contributed by atoms with E-state index in [1.54, 1.807) is 0 Å². The van der Waals surface area contributed by atoms with Crippen LogP contribution in [0.1, 0.15) is 12.5 Å².